The topological polar surface area (TPSA) is 93.2 Å². The molecule has 0 aliphatic carbocycles. The molecule has 0 aromatic carbocycles. The summed E-state index contributed by atoms with van der Waals surface area (Å²) in [4.78, 5) is 22.3. The Balaban J connectivity index is 4.83. The first-order valence-electron chi connectivity index (χ1n) is 6.14. The van der Waals surface area contributed by atoms with Crippen molar-refractivity contribution in [2.45, 2.75) is 19.8 Å². The van der Waals surface area contributed by atoms with E-state index in [1.807, 2.05) is 0 Å². The predicted molar refractivity (Wildman–Crippen MR) is 72.1 cm³/mol. The molecule has 20 heavy (non-hydrogen) atoms. The Bertz CT molecular complexity index is 423. The van der Waals surface area contributed by atoms with Gasteiger partial charge in [0.2, 0.25) is 0 Å². The Labute approximate surface area is 119 Å². The van der Waals surface area contributed by atoms with Gasteiger partial charge in [0, 0.05) is 20.1 Å². The van der Waals surface area contributed by atoms with Crippen LogP contribution in [-0.2, 0) is 29.3 Å². The molecule has 8 nitrogen and oxygen atoms in total. The number of esters is 2. The van der Waals surface area contributed by atoms with E-state index in [9.17, 15) is 18.0 Å². The maximum absolute atomic E-state index is 12.3. The second-order valence-corrected chi connectivity index (χ2v) is 6.10. The van der Waals surface area contributed by atoms with Crippen molar-refractivity contribution in [2.75, 3.05) is 40.9 Å². The normalized spacial score (nSPS) is 11.7. The van der Waals surface area contributed by atoms with Crippen LogP contribution in [0.5, 0.6) is 0 Å². The van der Waals surface area contributed by atoms with Gasteiger partial charge in [0.25, 0.3) is 10.2 Å². The Hall–Kier alpha value is -1.19. The molecule has 0 saturated heterocycles. The molecule has 0 fully saturated rings. The van der Waals surface area contributed by atoms with Gasteiger partial charge in [-0.25, -0.2) is 0 Å². The Kier molecular flexibility index (Phi) is 8.35. The van der Waals surface area contributed by atoms with Gasteiger partial charge < -0.3 is 9.47 Å². The highest BCUT2D eigenvalue weighted by molar-refractivity contribution is 7.86. The number of nitrogens with zero attached hydrogens (tertiary/aromatic N) is 2. The summed E-state index contributed by atoms with van der Waals surface area (Å²) < 4.78 is 35.5. The first-order valence-corrected chi connectivity index (χ1v) is 7.54. The van der Waals surface area contributed by atoms with Crippen LogP contribution in [0.2, 0.25) is 0 Å². The summed E-state index contributed by atoms with van der Waals surface area (Å²) in [6, 6.07) is 0. The summed E-state index contributed by atoms with van der Waals surface area (Å²) in [5.74, 6) is -1.13. The SMILES string of the molecule is CCCN(CC(=O)OC)S(=O)(=O)N(C)CCC(=O)OC. The van der Waals surface area contributed by atoms with E-state index < -0.39 is 22.1 Å². The zero-order valence-corrected chi connectivity index (χ0v) is 13.1. The predicted octanol–water partition coefficient (Wildman–Crippen LogP) is -0.389. The molecule has 0 saturated carbocycles. The van der Waals surface area contributed by atoms with Gasteiger partial charge in [-0.05, 0) is 6.42 Å². The number of hydrogen-bond acceptors (Lipinski definition) is 6. The van der Waals surface area contributed by atoms with E-state index in [0.717, 1.165) is 8.61 Å². The van der Waals surface area contributed by atoms with Crippen LogP contribution < -0.4 is 0 Å². The van der Waals surface area contributed by atoms with Crippen LogP contribution in [0.3, 0.4) is 0 Å². The summed E-state index contributed by atoms with van der Waals surface area (Å²) in [6.07, 6.45) is 0.505. The van der Waals surface area contributed by atoms with E-state index in [4.69, 9.17) is 0 Å². The molecule has 118 valence electrons. The fourth-order valence-corrected chi connectivity index (χ4v) is 2.80. The molecular formula is C11H22N2O6S. The average Bonchev–Trinajstić information content (AvgIpc) is 2.43. The van der Waals surface area contributed by atoms with Crippen LogP contribution in [0, 0.1) is 0 Å². The fraction of sp³-hybridized carbons (Fsp3) is 0.818. The third kappa shape index (κ3) is 5.85. The van der Waals surface area contributed by atoms with Crippen LogP contribution in [0.4, 0.5) is 0 Å². The van der Waals surface area contributed by atoms with Gasteiger partial charge in [0.05, 0.1) is 20.6 Å². The van der Waals surface area contributed by atoms with Gasteiger partial charge in [0.15, 0.2) is 0 Å². The van der Waals surface area contributed by atoms with Crippen molar-refractivity contribution < 1.29 is 27.5 Å². The molecule has 0 N–H and O–H groups in total. The largest absolute Gasteiger partial charge is 0.469 e. The van der Waals surface area contributed by atoms with Crippen molar-refractivity contribution >= 4 is 22.1 Å². The summed E-state index contributed by atoms with van der Waals surface area (Å²) in [7, 11) is -0.0407. The third-order valence-corrected chi connectivity index (χ3v) is 4.52. The van der Waals surface area contributed by atoms with Gasteiger partial charge in [-0.3, -0.25) is 9.59 Å². The van der Waals surface area contributed by atoms with E-state index in [2.05, 4.69) is 9.47 Å². The Morgan fingerprint density at radius 2 is 1.60 bits per heavy atom. The first-order chi connectivity index (χ1) is 9.29. The van der Waals surface area contributed by atoms with Gasteiger partial charge in [0.1, 0.15) is 6.54 Å². The highest BCUT2D eigenvalue weighted by Crippen LogP contribution is 2.08. The minimum Gasteiger partial charge on any atom is -0.469 e. The van der Waals surface area contributed by atoms with E-state index >= 15 is 0 Å². The Morgan fingerprint density at radius 1 is 1.05 bits per heavy atom. The van der Waals surface area contributed by atoms with Gasteiger partial charge in [-0.2, -0.15) is 17.0 Å². The molecule has 0 heterocycles. The lowest BCUT2D eigenvalue weighted by molar-refractivity contribution is -0.141. The molecule has 0 atom stereocenters. The van der Waals surface area contributed by atoms with Gasteiger partial charge >= 0.3 is 11.9 Å². The highest BCUT2D eigenvalue weighted by Gasteiger charge is 2.28. The van der Waals surface area contributed by atoms with Crippen LogP contribution in [-0.4, -0.2) is 69.9 Å². The number of hydrogen-bond donors (Lipinski definition) is 0. The quantitative estimate of drug-likeness (QED) is 0.539. The second-order valence-electron chi connectivity index (χ2n) is 4.07. The molecule has 0 bridgehead atoms. The van der Waals surface area contributed by atoms with Crippen molar-refractivity contribution in [3.63, 3.8) is 0 Å². The molecule has 0 aliphatic rings. The summed E-state index contributed by atoms with van der Waals surface area (Å²) in [6.45, 7) is 1.62. The van der Waals surface area contributed by atoms with E-state index in [1.165, 1.54) is 21.3 Å². The zero-order valence-electron chi connectivity index (χ0n) is 12.3. The minimum atomic E-state index is -3.81. The molecule has 0 aliphatic heterocycles. The monoisotopic (exact) mass is 310 g/mol. The highest BCUT2D eigenvalue weighted by atomic mass is 32.2. The lowest BCUT2D eigenvalue weighted by atomic mass is 10.4. The second kappa shape index (κ2) is 8.88. The smallest absolute Gasteiger partial charge is 0.321 e. The number of carbonyl (C=O) groups excluding carboxylic acids is 2. The van der Waals surface area contributed by atoms with Gasteiger partial charge in [-0.1, -0.05) is 6.92 Å². The number of carbonyl (C=O) groups is 2. The lowest BCUT2D eigenvalue weighted by Crippen LogP contribution is -2.45. The average molecular weight is 310 g/mol. The third-order valence-electron chi connectivity index (χ3n) is 2.58. The molecule has 0 aromatic rings. The molecule has 0 spiro atoms. The molecule has 0 aromatic heterocycles. The molecular weight excluding hydrogens is 288 g/mol. The molecule has 9 heteroatoms. The molecule has 0 unspecified atom stereocenters. The molecule has 0 amide bonds. The molecule has 0 radical (unpaired) electrons. The van der Waals surface area contributed by atoms with E-state index in [1.54, 1.807) is 6.92 Å². The summed E-state index contributed by atoms with van der Waals surface area (Å²) in [5, 5.41) is 0. The van der Waals surface area contributed by atoms with Crippen LogP contribution in [0.1, 0.15) is 19.8 Å². The van der Waals surface area contributed by atoms with Crippen LogP contribution in [0.15, 0.2) is 0 Å². The van der Waals surface area contributed by atoms with Crippen molar-refractivity contribution in [3.05, 3.63) is 0 Å². The maximum Gasteiger partial charge on any atom is 0.321 e. The molecule has 0 rings (SSSR count). The van der Waals surface area contributed by atoms with Crippen molar-refractivity contribution in [1.29, 1.82) is 0 Å². The van der Waals surface area contributed by atoms with Crippen LogP contribution >= 0.6 is 0 Å². The lowest BCUT2D eigenvalue weighted by Gasteiger charge is -2.26. The number of methoxy groups -OCH3 is 2. The first kappa shape index (κ1) is 18.8. The van der Waals surface area contributed by atoms with Crippen LogP contribution in [0.25, 0.3) is 0 Å². The maximum atomic E-state index is 12.3. The standard InChI is InChI=1S/C11H22N2O6S/c1-5-7-13(9-11(15)19-4)20(16,17)12(2)8-6-10(14)18-3/h5-9H2,1-4H3. The summed E-state index contributed by atoms with van der Waals surface area (Å²) in [5.41, 5.74) is 0. The van der Waals surface area contributed by atoms with Crippen molar-refractivity contribution in [3.8, 4) is 0 Å². The van der Waals surface area contributed by atoms with Gasteiger partial charge in [-0.15, -0.1) is 0 Å². The van der Waals surface area contributed by atoms with Crippen molar-refractivity contribution in [1.82, 2.24) is 8.61 Å². The number of rotatable bonds is 9. The van der Waals surface area contributed by atoms with E-state index in [-0.39, 0.29) is 26.1 Å². The number of ether oxygens (including phenoxy) is 2. The fourth-order valence-electron chi connectivity index (χ4n) is 1.40. The minimum absolute atomic E-state index is 0.0175. The Morgan fingerprint density at radius 3 is 2.05 bits per heavy atom. The van der Waals surface area contributed by atoms with Crippen molar-refractivity contribution in [2.24, 2.45) is 0 Å². The summed E-state index contributed by atoms with van der Waals surface area (Å²) >= 11 is 0. The zero-order chi connectivity index (χ0) is 15.8. The van der Waals surface area contributed by atoms with E-state index in [0.29, 0.717) is 6.42 Å².